The van der Waals surface area contributed by atoms with Gasteiger partial charge in [0.25, 0.3) is 5.91 Å². The average Bonchev–Trinajstić information content (AvgIpc) is 2.73. The molecule has 3 aromatic carbocycles. The molecular formula is C26H21F2NO. The Balaban J connectivity index is 2.12. The number of allylic oxidation sites excluding steroid dienone is 5. The molecule has 1 N–H and O–H groups in total. The van der Waals surface area contributed by atoms with E-state index in [-0.39, 0.29) is 11.3 Å². The summed E-state index contributed by atoms with van der Waals surface area (Å²) in [6, 6.07) is 15.1. The van der Waals surface area contributed by atoms with E-state index in [0.717, 1.165) is 10.9 Å². The second-order valence-corrected chi connectivity index (χ2v) is 6.66. The van der Waals surface area contributed by atoms with Crippen molar-refractivity contribution in [3.63, 3.8) is 0 Å². The zero-order valence-electron chi connectivity index (χ0n) is 16.6. The summed E-state index contributed by atoms with van der Waals surface area (Å²) in [5.41, 5.74) is 1.84. The smallest absolute Gasteiger partial charge is 0.256 e. The molecule has 0 radical (unpaired) electrons. The van der Waals surface area contributed by atoms with Gasteiger partial charge >= 0.3 is 0 Å². The quantitative estimate of drug-likeness (QED) is 0.431. The second-order valence-electron chi connectivity index (χ2n) is 6.66. The third-order valence-corrected chi connectivity index (χ3v) is 4.59. The van der Waals surface area contributed by atoms with Crippen LogP contribution in [0.2, 0.25) is 0 Å². The van der Waals surface area contributed by atoms with Crippen molar-refractivity contribution in [3.05, 3.63) is 114 Å². The number of nitrogens with one attached hydrogen (secondary N) is 1. The first-order chi connectivity index (χ1) is 14.4. The van der Waals surface area contributed by atoms with Crippen LogP contribution in [0.25, 0.3) is 22.4 Å². The Bertz CT molecular complexity index is 1200. The maximum atomic E-state index is 14.3. The number of rotatable bonds is 6. The summed E-state index contributed by atoms with van der Waals surface area (Å²) in [7, 11) is 0. The molecule has 30 heavy (non-hydrogen) atoms. The summed E-state index contributed by atoms with van der Waals surface area (Å²) in [5.74, 6) is -1.67. The molecule has 3 aromatic rings. The van der Waals surface area contributed by atoms with Crippen LogP contribution >= 0.6 is 0 Å². The van der Waals surface area contributed by atoms with Crippen molar-refractivity contribution in [2.24, 2.45) is 0 Å². The lowest BCUT2D eigenvalue weighted by molar-refractivity contribution is 0.102. The number of hydrogen-bond donors (Lipinski definition) is 1. The molecule has 0 bridgehead atoms. The van der Waals surface area contributed by atoms with Crippen LogP contribution in [0.5, 0.6) is 0 Å². The molecule has 0 unspecified atom stereocenters. The van der Waals surface area contributed by atoms with Gasteiger partial charge in [-0.25, -0.2) is 8.78 Å². The molecule has 1 amide bonds. The fraction of sp³-hybridized carbons (Fsp3) is 0.0385. The molecule has 0 saturated heterocycles. The summed E-state index contributed by atoms with van der Waals surface area (Å²) >= 11 is 0. The Hall–Kier alpha value is -3.79. The molecule has 0 aromatic heterocycles. The highest BCUT2D eigenvalue weighted by molar-refractivity contribution is 6.14. The van der Waals surface area contributed by atoms with E-state index in [2.05, 4.69) is 18.5 Å². The second kappa shape index (κ2) is 9.14. The Morgan fingerprint density at radius 3 is 2.57 bits per heavy atom. The number of halogens is 2. The molecule has 0 aliphatic rings. The first-order valence-corrected chi connectivity index (χ1v) is 9.39. The van der Waals surface area contributed by atoms with Crippen molar-refractivity contribution in [2.45, 2.75) is 6.92 Å². The van der Waals surface area contributed by atoms with Gasteiger partial charge in [-0.2, -0.15) is 0 Å². The van der Waals surface area contributed by atoms with E-state index in [1.165, 1.54) is 18.2 Å². The monoisotopic (exact) mass is 401 g/mol. The van der Waals surface area contributed by atoms with Gasteiger partial charge in [0, 0.05) is 11.1 Å². The number of anilines is 1. The van der Waals surface area contributed by atoms with Gasteiger partial charge in [-0.05, 0) is 53.1 Å². The van der Waals surface area contributed by atoms with Gasteiger partial charge in [-0.1, -0.05) is 67.8 Å². The van der Waals surface area contributed by atoms with Gasteiger partial charge < -0.3 is 5.32 Å². The lowest BCUT2D eigenvalue weighted by Gasteiger charge is -2.13. The molecule has 2 nitrogen and oxygen atoms in total. The summed E-state index contributed by atoms with van der Waals surface area (Å²) < 4.78 is 28.3. The molecule has 0 aliphatic heterocycles. The van der Waals surface area contributed by atoms with E-state index in [4.69, 9.17) is 0 Å². The van der Waals surface area contributed by atoms with Crippen molar-refractivity contribution in [2.75, 3.05) is 5.32 Å². The maximum absolute atomic E-state index is 14.3. The molecule has 0 fully saturated rings. The van der Waals surface area contributed by atoms with Crippen LogP contribution in [-0.2, 0) is 0 Å². The van der Waals surface area contributed by atoms with Crippen molar-refractivity contribution in [1.82, 2.24) is 0 Å². The Kier molecular flexibility index (Phi) is 6.38. The van der Waals surface area contributed by atoms with Crippen LogP contribution < -0.4 is 5.32 Å². The molecule has 150 valence electrons. The van der Waals surface area contributed by atoms with Gasteiger partial charge in [-0.3, -0.25) is 4.79 Å². The predicted octanol–water partition coefficient (Wildman–Crippen LogP) is 7.32. The predicted molar refractivity (Wildman–Crippen MR) is 121 cm³/mol. The summed E-state index contributed by atoms with van der Waals surface area (Å²) in [4.78, 5) is 13.1. The van der Waals surface area contributed by atoms with Crippen LogP contribution in [0.3, 0.4) is 0 Å². The standard InChI is InChI=1S/C26H21F2NO/c1-4-8-18-12-13-24(28)25(14-18)29-26(30)23-16-20(21(9-5-2)17(3)27)15-19-10-6-7-11-22(19)23/h4-16H,2-3H2,1H3,(H,29,30)/b8-4+,21-9+. The number of fused-ring (bicyclic) bond motifs is 1. The normalized spacial score (nSPS) is 11.6. The SMILES string of the molecule is C=C/C=C(\C(=C)F)c1cc(C(=O)Nc2cc(/C=C/C)ccc2F)c2ccccc2c1. The zero-order chi connectivity index (χ0) is 21.7. The minimum Gasteiger partial charge on any atom is -0.319 e. The Morgan fingerprint density at radius 2 is 1.87 bits per heavy atom. The highest BCUT2D eigenvalue weighted by Crippen LogP contribution is 2.30. The van der Waals surface area contributed by atoms with Gasteiger partial charge in [-0.15, -0.1) is 0 Å². The van der Waals surface area contributed by atoms with Crippen LogP contribution in [0.1, 0.15) is 28.4 Å². The highest BCUT2D eigenvalue weighted by Gasteiger charge is 2.16. The molecule has 0 aliphatic carbocycles. The summed E-state index contributed by atoms with van der Waals surface area (Å²) in [6.45, 7) is 8.83. The molecule has 0 atom stereocenters. The van der Waals surface area contributed by atoms with E-state index in [1.54, 1.807) is 36.4 Å². The first-order valence-electron chi connectivity index (χ1n) is 9.39. The van der Waals surface area contributed by atoms with E-state index in [1.807, 2.05) is 31.2 Å². The highest BCUT2D eigenvalue weighted by atomic mass is 19.1. The van der Waals surface area contributed by atoms with E-state index < -0.39 is 17.6 Å². The van der Waals surface area contributed by atoms with Gasteiger partial charge in [0.15, 0.2) is 0 Å². The molecule has 0 spiro atoms. The van der Waals surface area contributed by atoms with E-state index in [9.17, 15) is 13.6 Å². The topological polar surface area (TPSA) is 29.1 Å². The van der Waals surface area contributed by atoms with Gasteiger partial charge in [0.05, 0.1) is 5.69 Å². The fourth-order valence-electron chi connectivity index (χ4n) is 3.24. The summed E-state index contributed by atoms with van der Waals surface area (Å²) in [5, 5.41) is 4.06. The van der Waals surface area contributed by atoms with E-state index >= 15 is 0 Å². The maximum Gasteiger partial charge on any atom is 0.256 e. The lowest BCUT2D eigenvalue weighted by atomic mass is 9.95. The zero-order valence-corrected chi connectivity index (χ0v) is 16.6. The summed E-state index contributed by atoms with van der Waals surface area (Å²) in [6.07, 6.45) is 6.59. The lowest BCUT2D eigenvalue weighted by Crippen LogP contribution is -2.14. The minimum absolute atomic E-state index is 0.0712. The number of benzene rings is 3. The van der Waals surface area contributed by atoms with Gasteiger partial charge in [0.1, 0.15) is 11.6 Å². The Labute approximate surface area is 174 Å². The van der Waals surface area contributed by atoms with Gasteiger partial charge in [0.2, 0.25) is 0 Å². The first kappa shape index (κ1) is 20.9. The van der Waals surface area contributed by atoms with Crippen LogP contribution in [-0.4, -0.2) is 5.91 Å². The third kappa shape index (κ3) is 4.44. The van der Waals surface area contributed by atoms with Crippen LogP contribution in [0.4, 0.5) is 14.5 Å². The number of hydrogen-bond acceptors (Lipinski definition) is 1. The molecule has 4 heteroatoms. The van der Waals surface area contributed by atoms with Crippen molar-refractivity contribution < 1.29 is 13.6 Å². The fourth-order valence-corrected chi connectivity index (χ4v) is 3.24. The van der Waals surface area contributed by atoms with Crippen LogP contribution in [0.15, 0.2) is 91.8 Å². The van der Waals surface area contributed by atoms with Crippen molar-refractivity contribution >= 4 is 34.0 Å². The number of carbonyl (C=O) groups is 1. The van der Waals surface area contributed by atoms with E-state index in [0.29, 0.717) is 16.5 Å². The minimum atomic E-state index is -0.637. The van der Waals surface area contributed by atoms with Crippen molar-refractivity contribution in [3.8, 4) is 0 Å². The number of amides is 1. The van der Waals surface area contributed by atoms with Crippen LogP contribution in [0, 0.1) is 5.82 Å². The molecule has 0 saturated carbocycles. The molecular weight excluding hydrogens is 380 g/mol. The van der Waals surface area contributed by atoms with Crippen molar-refractivity contribution in [1.29, 1.82) is 0 Å². The molecule has 3 rings (SSSR count). The average molecular weight is 401 g/mol. The third-order valence-electron chi connectivity index (χ3n) is 4.59. The number of carbonyl (C=O) groups excluding carboxylic acids is 1. The molecule has 0 heterocycles. The Morgan fingerprint density at radius 1 is 1.10 bits per heavy atom. The largest absolute Gasteiger partial charge is 0.319 e.